The molecule has 0 atom stereocenters. The Balaban J connectivity index is 0.00000132. The van der Waals surface area contributed by atoms with E-state index in [1.54, 1.807) is 5.38 Å². The fraction of sp³-hybridized carbons (Fsp3) is 0.286. The molecule has 0 fully saturated rings. The van der Waals surface area contributed by atoms with E-state index < -0.39 is 0 Å². The molecule has 9 heteroatoms. The number of rotatable bonds is 4. The van der Waals surface area contributed by atoms with Gasteiger partial charge in [0.25, 0.3) is 5.91 Å². The van der Waals surface area contributed by atoms with Crippen molar-refractivity contribution in [3.63, 3.8) is 0 Å². The molecular formula is C14H17Cl2N3O3S. The highest BCUT2D eigenvalue weighted by Crippen LogP contribution is 2.35. The summed E-state index contributed by atoms with van der Waals surface area (Å²) in [5.74, 6) is 1.24. The summed E-state index contributed by atoms with van der Waals surface area (Å²) in [6.07, 6.45) is 0. The third-order valence-electron chi connectivity index (χ3n) is 2.96. The largest absolute Gasteiger partial charge is 0.486 e. The highest BCUT2D eigenvalue weighted by Gasteiger charge is 2.15. The maximum Gasteiger partial charge on any atom is 0.270 e. The van der Waals surface area contributed by atoms with Crippen LogP contribution in [0.1, 0.15) is 10.5 Å². The van der Waals surface area contributed by atoms with Crippen LogP contribution in [0.15, 0.2) is 23.6 Å². The van der Waals surface area contributed by atoms with Gasteiger partial charge in [-0.2, -0.15) is 0 Å². The summed E-state index contributed by atoms with van der Waals surface area (Å²) < 4.78 is 11.0. The number of aromatic nitrogens is 1. The summed E-state index contributed by atoms with van der Waals surface area (Å²) in [7, 11) is 0. The number of thiazole rings is 1. The Labute approximate surface area is 150 Å². The van der Waals surface area contributed by atoms with Crippen molar-refractivity contribution in [2.45, 2.75) is 0 Å². The molecule has 2 heterocycles. The number of hydrogen-bond donors (Lipinski definition) is 2. The van der Waals surface area contributed by atoms with E-state index in [1.165, 1.54) is 11.3 Å². The number of nitrogens with two attached hydrogens (primary N) is 1. The van der Waals surface area contributed by atoms with Crippen LogP contribution in [0.5, 0.6) is 11.5 Å². The van der Waals surface area contributed by atoms with E-state index in [-0.39, 0.29) is 30.7 Å². The van der Waals surface area contributed by atoms with Crippen LogP contribution in [0.2, 0.25) is 0 Å². The predicted molar refractivity (Wildman–Crippen MR) is 94.4 cm³/mol. The Morgan fingerprint density at radius 1 is 1.26 bits per heavy atom. The Morgan fingerprint density at radius 3 is 2.74 bits per heavy atom. The van der Waals surface area contributed by atoms with Crippen molar-refractivity contribution in [1.29, 1.82) is 0 Å². The van der Waals surface area contributed by atoms with Gasteiger partial charge in [0.15, 0.2) is 11.5 Å². The van der Waals surface area contributed by atoms with E-state index in [1.807, 2.05) is 18.2 Å². The number of ether oxygens (including phenoxy) is 2. The smallest absolute Gasteiger partial charge is 0.270 e. The number of carbonyl (C=O) groups is 1. The van der Waals surface area contributed by atoms with E-state index in [9.17, 15) is 4.79 Å². The zero-order chi connectivity index (χ0) is 14.7. The van der Waals surface area contributed by atoms with Crippen molar-refractivity contribution in [1.82, 2.24) is 10.3 Å². The van der Waals surface area contributed by atoms with Crippen LogP contribution in [0.25, 0.3) is 10.6 Å². The number of benzene rings is 1. The second kappa shape index (κ2) is 8.93. The monoisotopic (exact) mass is 377 g/mol. The summed E-state index contributed by atoms with van der Waals surface area (Å²) in [4.78, 5) is 16.2. The molecule has 2 aromatic rings. The summed E-state index contributed by atoms with van der Waals surface area (Å²) in [6, 6.07) is 5.65. The quantitative estimate of drug-likeness (QED) is 0.851. The second-order valence-corrected chi connectivity index (χ2v) is 5.30. The highest BCUT2D eigenvalue weighted by molar-refractivity contribution is 7.13. The van der Waals surface area contributed by atoms with Crippen LogP contribution in [-0.2, 0) is 0 Å². The summed E-state index contributed by atoms with van der Waals surface area (Å²) in [5.41, 5.74) is 6.66. The molecule has 0 radical (unpaired) electrons. The summed E-state index contributed by atoms with van der Waals surface area (Å²) in [6.45, 7) is 1.96. The molecular weight excluding hydrogens is 361 g/mol. The lowest BCUT2D eigenvalue weighted by atomic mass is 10.2. The lowest BCUT2D eigenvalue weighted by Gasteiger charge is -2.18. The van der Waals surface area contributed by atoms with Gasteiger partial charge in [-0.1, -0.05) is 0 Å². The van der Waals surface area contributed by atoms with Gasteiger partial charge in [0, 0.05) is 24.0 Å². The Hall–Kier alpha value is -1.54. The van der Waals surface area contributed by atoms with Crippen LogP contribution >= 0.6 is 36.2 Å². The number of carbonyl (C=O) groups excluding carboxylic acids is 1. The van der Waals surface area contributed by atoms with Gasteiger partial charge in [-0.25, -0.2) is 4.98 Å². The normalized spacial score (nSPS) is 11.9. The number of fused-ring (bicyclic) bond motifs is 1. The standard InChI is InChI=1S/C14H15N3O3S.2ClH/c15-3-4-16-13(18)10-8-21-14(17-10)9-1-2-11-12(7-9)20-6-5-19-11;;/h1-2,7-8H,3-6,15H2,(H,16,18);2*1H. The van der Waals surface area contributed by atoms with E-state index in [0.717, 1.165) is 16.3 Å². The van der Waals surface area contributed by atoms with Gasteiger partial charge in [0.1, 0.15) is 23.9 Å². The number of halogens is 2. The molecule has 1 aromatic carbocycles. The molecule has 1 aromatic heterocycles. The molecule has 1 amide bonds. The Bertz CT molecular complexity index is 666. The summed E-state index contributed by atoms with van der Waals surface area (Å²) in [5, 5.41) is 5.20. The van der Waals surface area contributed by atoms with Crippen LogP contribution in [-0.4, -0.2) is 37.2 Å². The fourth-order valence-electron chi connectivity index (χ4n) is 1.96. The molecule has 0 aliphatic carbocycles. The SMILES string of the molecule is Cl.Cl.NCCNC(=O)c1csc(-c2ccc3c(c2)OCCO3)n1. The lowest BCUT2D eigenvalue weighted by Crippen LogP contribution is -2.29. The minimum Gasteiger partial charge on any atom is -0.486 e. The van der Waals surface area contributed by atoms with Gasteiger partial charge in [-0.3, -0.25) is 4.79 Å². The first-order valence-electron chi connectivity index (χ1n) is 6.62. The molecule has 0 spiro atoms. The van der Waals surface area contributed by atoms with Gasteiger partial charge < -0.3 is 20.5 Å². The number of nitrogens with zero attached hydrogens (tertiary/aromatic N) is 1. The van der Waals surface area contributed by atoms with Gasteiger partial charge in [0.2, 0.25) is 0 Å². The van der Waals surface area contributed by atoms with Crippen LogP contribution in [0.4, 0.5) is 0 Å². The topological polar surface area (TPSA) is 86.5 Å². The number of nitrogens with one attached hydrogen (secondary N) is 1. The minimum absolute atomic E-state index is 0. The minimum atomic E-state index is -0.208. The third-order valence-corrected chi connectivity index (χ3v) is 3.85. The molecule has 1 aliphatic heterocycles. The van der Waals surface area contributed by atoms with E-state index in [4.69, 9.17) is 15.2 Å². The van der Waals surface area contributed by atoms with Crippen molar-refractivity contribution in [3.8, 4) is 22.1 Å². The first kappa shape index (κ1) is 19.5. The maximum absolute atomic E-state index is 11.8. The number of hydrogen-bond acceptors (Lipinski definition) is 6. The Morgan fingerprint density at radius 2 is 2.00 bits per heavy atom. The van der Waals surface area contributed by atoms with Crippen LogP contribution in [0.3, 0.4) is 0 Å². The van der Waals surface area contributed by atoms with Gasteiger partial charge >= 0.3 is 0 Å². The molecule has 126 valence electrons. The van der Waals surface area contributed by atoms with Gasteiger partial charge in [-0.05, 0) is 18.2 Å². The molecule has 0 bridgehead atoms. The number of amides is 1. The first-order chi connectivity index (χ1) is 10.3. The van der Waals surface area contributed by atoms with Crippen molar-refractivity contribution in [3.05, 3.63) is 29.3 Å². The van der Waals surface area contributed by atoms with Crippen molar-refractivity contribution >= 4 is 42.1 Å². The summed E-state index contributed by atoms with van der Waals surface area (Å²) >= 11 is 1.42. The van der Waals surface area contributed by atoms with E-state index in [0.29, 0.717) is 37.7 Å². The third kappa shape index (κ3) is 4.48. The molecule has 3 rings (SSSR count). The van der Waals surface area contributed by atoms with Crippen LogP contribution < -0.4 is 20.5 Å². The van der Waals surface area contributed by atoms with Gasteiger partial charge in [-0.15, -0.1) is 36.2 Å². The Kier molecular flexibility index (Phi) is 7.57. The molecule has 23 heavy (non-hydrogen) atoms. The first-order valence-corrected chi connectivity index (χ1v) is 7.49. The molecule has 0 saturated carbocycles. The van der Waals surface area contributed by atoms with Crippen molar-refractivity contribution in [2.75, 3.05) is 26.3 Å². The van der Waals surface area contributed by atoms with Crippen molar-refractivity contribution in [2.24, 2.45) is 5.73 Å². The van der Waals surface area contributed by atoms with E-state index >= 15 is 0 Å². The van der Waals surface area contributed by atoms with Crippen LogP contribution in [0, 0.1) is 0 Å². The fourth-order valence-corrected chi connectivity index (χ4v) is 2.76. The van der Waals surface area contributed by atoms with Crippen molar-refractivity contribution < 1.29 is 14.3 Å². The molecule has 6 nitrogen and oxygen atoms in total. The zero-order valence-corrected chi connectivity index (χ0v) is 14.6. The second-order valence-electron chi connectivity index (χ2n) is 4.44. The molecule has 0 saturated heterocycles. The maximum atomic E-state index is 11.8. The molecule has 0 unspecified atom stereocenters. The average Bonchev–Trinajstić information content (AvgIpc) is 3.02. The predicted octanol–water partition coefficient (Wildman–Crippen LogP) is 2.11. The highest BCUT2D eigenvalue weighted by atomic mass is 35.5. The lowest BCUT2D eigenvalue weighted by molar-refractivity contribution is 0.0950. The van der Waals surface area contributed by atoms with Gasteiger partial charge in [0.05, 0.1) is 0 Å². The zero-order valence-electron chi connectivity index (χ0n) is 12.1. The van der Waals surface area contributed by atoms with E-state index in [2.05, 4.69) is 10.3 Å². The average molecular weight is 378 g/mol. The molecule has 1 aliphatic rings. The molecule has 3 N–H and O–H groups in total.